The lowest BCUT2D eigenvalue weighted by Crippen LogP contribution is -2.15. The van der Waals surface area contributed by atoms with Crippen LogP contribution in [0.1, 0.15) is 26.3 Å². The van der Waals surface area contributed by atoms with Crippen molar-refractivity contribution in [2.24, 2.45) is 5.73 Å². The molecule has 6 nitrogen and oxygen atoms in total. The number of carbonyl (C=O) groups is 2. The summed E-state index contributed by atoms with van der Waals surface area (Å²) in [6.45, 7) is 1.58. The number of aryl methyl sites for hydroxylation is 1. The van der Waals surface area contributed by atoms with Crippen molar-refractivity contribution in [3.05, 3.63) is 38.9 Å². The van der Waals surface area contributed by atoms with Gasteiger partial charge in [-0.2, -0.15) is 0 Å². The summed E-state index contributed by atoms with van der Waals surface area (Å²) in [6.07, 6.45) is 0.262. The predicted octanol–water partition coefficient (Wildman–Crippen LogP) is 0.815. The Bertz CT molecular complexity index is 418. The molecule has 1 aromatic rings. The molecule has 2 N–H and O–H groups in total. The second kappa shape index (κ2) is 3.87. The van der Waals surface area contributed by atoms with Gasteiger partial charge in [0.2, 0.25) is 5.91 Å². The maximum absolute atomic E-state index is 10.9. The quantitative estimate of drug-likeness (QED) is 0.451. The normalized spacial score (nSPS) is 9.67. The number of aldehydes is 1. The van der Waals surface area contributed by atoms with E-state index < -0.39 is 16.5 Å². The van der Waals surface area contributed by atoms with Gasteiger partial charge in [0.15, 0.2) is 6.29 Å². The number of primary amides is 1. The maximum atomic E-state index is 10.9. The van der Waals surface area contributed by atoms with E-state index in [0.717, 1.165) is 0 Å². The van der Waals surface area contributed by atoms with Crippen LogP contribution in [0.25, 0.3) is 0 Å². The smallest absolute Gasteiger partial charge is 0.280 e. The van der Waals surface area contributed by atoms with Gasteiger partial charge < -0.3 is 5.73 Å². The molecule has 0 unspecified atom stereocenters. The van der Waals surface area contributed by atoms with Gasteiger partial charge in [0.25, 0.3) is 5.69 Å². The average Bonchev–Trinajstić information content (AvgIpc) is 2.16. The minimum Gasteiger partial charge on any atom is -0.366 e. The Labute approximate surface area is 84.8 Å². The first-order valence-electron chi connectivity index (χ1n) is 4.01. The molecule has 0 spiro atoms. The molecular weight excluding hydrogens is 200 g/mol. The van der Waals surface area contributed by atoms with Crippen LogP contribution in [0.4, 0.5) is 5.69 Å². The number of carbonyl (C=O) groups excluding carboxylic acids is 2. The van der Waals surface area contributed by atoms with Gasteiger partial charge in [-0.1, -0.05) is 0 Å². The molecule has 0 aliphatic rings. The van der Waals surface area contributed by atoms with E-state index in [1.807, 2.05) is 0 Å². The van der Waals surface area contributed by atoms with Crippen LogP contribution in [0.15, 0.2) is 12.1 Å². The van der Waals surface area contributed by atoms with Crippen molar-refractivity contribution < 1.29 is 14.5 Å². The summed E-state index contributed by atoms with van der Waals surface area (Å²) in [5.74, 6) is -0.857. The van der Waals surface area contributed by atoms with E-state index in [-0.39, 0.29) is 17.4 Å². The van der Waals surface area contributed by atoms with Gasteiger partial charge in [-0.15, -0.1) is 0 Å². The Balaban J connectivity index is 3.59. The molecule has 1 amide bonds. The van der Waals surface area contributed by atoms with Gasteiger partial charge in [0.1, 0.15) is 5.56 Å². The summed E-state index contributed by atoms with van der Waals surface area (Å²) in [5.41, 5.74) is 4.70. The third-order valence-electron chi connectivity index (χ3n) is 1.88. The van der Waals surface area contributed by atoms with Crippen LogP contribution in [0.2, 0.25) is 0 Å². The van der Waals surface area contributed by atoms with Gasteiger partial charge in [0, 0.05) is 6.07 Å². The molecule has 0 aromatic heterocycles. The van der Waals surface area contributed by atoms with E-state index in [2.05, 4.69) is 0 Å². The summed E-state index contributed by atoms with van der Waals surface area (Å²) in [6, 6.07) is 2.56. The number of nitro benzene ring substituents is 1. The molecule has 0 radical (unpaired) electrons. The largest absolute Gasteiger partial charge is 0.366 e. The molecule has 6 heteroatoms. The molecule has 0 aliphatic carbocycles. The summed E-state index contributed by atoms with van der Waals surface area (Å²) in [4.78, 5) is 31.5. The lowest BCUT2D eigenvalue weighted by Gasteiger charge is -2.03. The highest BCUT2D eigenvalue weighted by Crippen LogP contribution is 2.22. The van der Waals surface area contributed by atoms with Crippen molar-refractivity contribution in [1.82, 2.24) is 0 Å². The Morgan fingerprint density at radius 2 is 2.13 bits per heavy atom. The summed E-state index contributed by atoms with van der Waals surface area (Å²) >= 11 is 0. The standard InChI is InChI=1S/C9H8N2O4/c1-5-2-6(9(10)13)7(4-12)8(3-5)11(14)15/h2-4H,1H3,(H2,10,13). The zero-order valence-electron chi connectivity index (χ0n) is 7.89. The lowest BCUT2D eigenvalue weighted by atomic mass is 10.0. The number of nitrogens with two attached hydrogens (primary N) is 1. The van der Waals surface area contributed by atoms with Crippen LogP contribution >= 0.6 is 0 Å². The Kier molecular flexibility index (Phi) is 2.80. The molecule has 0 fully saturated rings. The lowest BCUT2D eigenvalue weighted by molar-refractivity contribution is -0.385. The molecule has 0 heterocycles. The van der Waals surface area contributed by atoms with Crippen molar-refractivity contribution in [2.75, 3.05) is 0 Å². The zero-order valence-corrected chi connectivity index (χ0v) is 7.89. The molecule has 0 saturated carbocycles. The molecule has 0 atom stereocenters. The minimum absolute atomic E-state index is 0.128. The minimum atomic E-state index is -0.857. The molecule has 0 saturated heterocycles. The fourth-order valence-corrected chi connectivity index (χ4v) is 1.26. The molecule has 78 valence electrons. The Hall–Kier alpha value is -2.24. The number of nitro groups is 1. The number of hydrogen-bond donors (Lipinski definition) is 1. The van der Waals surface area contributed by atoms with Crippen LogP contribution in [-0.4, -0.2) is 17.1 Å². The van der Waals surface area contributed by atoms with Crippen molar-refractivity contribution in [1.29, 1.82) is 0 Å². The third-order valence-corrected chi connectivity index (χ3v) is 1.88. The van der Waals surface area contributed by atoms with Crippen molar-refractivity contribution in [3.63, 3.8) is 0 Å². The van der Waals surface area contributed by atoms with Gasteiger partial charge in [-0.3, -0.25) is 19.7 Å². The average molecular weight is 208 g/mol. The van der Waals surface area contributed by atoms with Crippen LogP contribution < -0.4 is 5.73 Å². The molecule has 1 rings (SSSR count). The van der Waals surface area contributed by atoms with Gasteiger partial charge in [-0.25, -0.2) is 0 Å². The molecule has 0 aliphatic heterocycles. The Morgan fingerprint density at radius 3 is 2.53 bits per heavy atom. The maximum Gasteiger partial charge on any atom is 0.280 e. The van der Waals surface area contributed by atoms with Crippen LogP contribution in [0, 0.1) is 17.0 Å². The molecule has 0 bridgehead atoms. The second-order valence-electron chi connectivity index (χ2n) is 2.98. The highest BCUT2D eigenvalue weighted by molar-refractivity contribution is 6.03. The highest BCUT2D eigenvalue weighted by atomic mass is 16.6. The number of nitrogens with zero attached hydrogens (tertiary/aromatic N) is 1. The first kappa shape index (κ1) is 10.8. The number of hydrogen-bond acceptors (Lipinski definition) is 4. The summed E-state index contributed by atoms with van der Waals surface area (Å²) in [5, 5.41) is 10.6. The third kappa shape index (κ3) is 1.98. The van der Waals surface area contributed by atoms with Gasteiger partial charge >= 0.3 is 0 Å². The molecule has 1 aromatic carbocycles. The van der Waals surface area contributed by atoms with E-state index >= 15 is 0 Å². The molecule has 15 heavy (non-hydrogen) atoms. The number of rotatable bonds is 3. The van der Waals surface area contributed by atoms with Gasteiger partial charge in [0.05, 0.1) is 10.5 Å². The summed E-state index contributed by atoms with van der Waals surface area (Å²) < 4.78 is 0. The Morgan fingerprint density at radius 1 is 1.53 bits per heavy atom. The van der Waals surface area contributed by atoms with Crippen molar-refractivity contribution in [3.8, 4) is 0 Å². The topological polar surface area (TPSA) is 103 Å². The number of amides is 1. The fourth-order valence-electron chi connectivity index (χ4n) is 1.26. The first-order chi connectivity index (χ1) is 6.97. The monoisotopic (exact) mass is 208 g/mol. The SMILES string of the molecule is Cc1cc(C(N)=O)c(C=O)c([N+](=O)[O-])c1. The van der Waals surface area contributed by atoms with E-state index in [4.69, 9.17) is 5.73 Å². The summed E-state index contributed by atoms with van der Waals surface area (Å²) in [7, 11) is 0. The zero-order chi connectivity index (χ0) is 11.6. The van der Waals surface area contributed by atoms with Gasteiger partial charge in [-0.05, 0) is 18.6 Å². The van der Waals surface area contributed by atoms with Crippen molar-refractivity contribution >= 4 is 17.9 Å². The van der Waals surface area contributed by atoms with Crippen LogP contribution in [0.3, 0.4) is 0 Å². The fraction of sp³-hybridized carbons (Fsp3) is 0.111. The molecular formula is C9H8N2O4. The van der Waals surface area contributed by atoms with Crippen LogP contribution in [0.5, 0.6) is 0 Å². The van der Waals surface area contributed by atoms with E-state index in [0.29, 0.717) is 5.56 Å². The van der Waals surface area contributed by atoms with Crippen molar-refractivity contribution in [2.45, 2.75) is 6.92 Å². The first-order valence-corrected chi connectivity index (χ1v) is 4.01. The second-order valence-corrected chi connectivity index (χ2v) is 2.98. The van der Waals surface area contributed by atoms with E-state index in [1.54, 1.807) is 6.92 Å². The number of benzene rings is 1. The van der Waals surface area contributed by atoms with Crippen LogP contribution in [-0.2, 0) is 0 Å². The predicted molar refractivity (Wildman–Crippen MR) is 51.7 cm³/mol. The highest BCUT2D eigenvalue weighted by Gasteiger charge is 2.20. The van der Waals surface area contributed by atoms with E-state index in [1.165, 1.54) is 12.1 Å². The van der Waals surface area contributed by atoms with E-state index in [9.17, 15) is 19.7 Å².